The normalized spacial score (nSPS) is 14.2. The van der Waals surface area contributed by atoms with Crippen molar-refractivity contribution >= 4 is 23.5 Å². The Morgan fingerprint density at radius 1 is 1.20 bits per heavy atom. The van der Waals surface area contributed by atoms with Crippen LogP contribution in [-0.2, 0) is 4.79 Å². The molecule has 0 aliphatic carbocycles. The number of nitro benzene ring substituents is 1. The van der Waals surface area contributed by atoms with Crippen LogP contribution in [0, 0.1) is 17.0 Å². The molecule has 3 rings (SSSR count). The number of carbonyl (C=O) groups excluding carboxylic acids is 2. The summed E-state index contributed by atoms with van der Waals surface area (Å²) in [5, 5.41) is 10.7. The van der Waals surface area contributed by atoms with Gasteiger partial charge in [0.25, 0.3) is 5.69 Å². The highest BCUT2D eigenvalue weighted by atomic mass is 16.6. The first-order valence-corrected chi connectivity index (χ1v) is 7.37. The van der Waals surface area contributed by atoms with Gasteiger partial charge in [0.2, 0.25) is 5.78 Å². The summed E-state index contributed by atoms with van der Waals surface area (Å²) in [6.45, 7) is 2.98. The molecule has 0 N–H and O–H groups in total. The van der Waals surface area contributed by atoms with Crippen LogP contribution in [-0.4, -0.2) is 16.7 Å². The summed E-state index contributed by atoms with van der Waals surface area (Å²) >= 11 is 0. The molecular formula is C18H13NO6. The van der Waals surface area contributed by atoms with Crippen LogP contribution >= 0.6 is 0 Å². The van der Waals surface area contributed by atoms with Crippen molar-refractivity contribution in [1.82, 2.24) is 0 Å². The van der Waals surface area contributed by atoms with E-state index in [2.05, 4.69) is 0 Å². The van der Waals surface area contributed by atoms with Crippen molar-refractivity contribution in [2.45, 2.75) is 13.8 Å². The molecule has 0 fully saturated rings. The summed E-state index contributed by atoms with van der Waals surface area (Å²) < 4.78 is 10.7. The number of benzene rings is 2. The summed E-state index contributed by atoms with van der Waals surface area (Å²) in [5.74, 6) is 0.0133. The maximum Gasteiger partial charge on any atom is 0.308 e. The first kappa shape index (κ1) is 16.4. The van der Waals surface area contributed by atoms with E-state index in [1.807, 2.05) is 0 Å². The number of fused-ring (bicyclic) bond motifs is 1. The number of nitrogens with zero attached hydrogens (tertiary/aromatic N) is 1. The van der Waals surface area contributed by atoms with Gasteiger partial charge in [0.1, 0.15) is 11.5 Å². The second-order valence-corrected chi connectivity index (χ2v) is 5.45. The molecule has 1 heterocycles. The number of nitro groups is 1. The molecule has 0 saturated heterocycles. The number of Topliss-reactive ketones (excluding diaryl/α,β-unsaturated/α-hetero) is 1. The first-order valence-electron chi connectivity index (χ1n) is 7.37. The number of ketones is 1. The molecule has 0 unspecified atom stereocenters. The lowest BCUT2D eigenvalue weighted by atomic mass is 10.1. The Morgan fingerprint density at radius 3 is 2.48 bits per heavy atom. The second-order valence-electron chi connectivity index (χ2n) is 5.45. The Kier molecular flexibility index (Phi) is 4.06. The maximum atomic E-state index is 12.5. The van der Waals surface area contributed by atoms with Gasteiger partial charge in [0, 0.05) is 24.6 Å². The number of ether oxygens (including phenoxy) is 2. The van der Waals surface area contributed by atoms with Crippen LogP contribution in [0.1, 0.15) is 28.4 Å². The van der Waals surface area contributed by atoms with Gasteiger partial charge in [0.05, 0.1) is 10.5 Å². The van der Waals surface area contributed by atoms with Crippen molar-refractivity contribution < 1.29 is 24.0 Å². The zero-order valence-electron chi connectivity index (χ0n) is 13.4. The van der Waals surface area contributed by atoms with E-state index < -0.39 is 10.9 Å². The van der Waals surface area contributed by atoms with Crippen LogP contribution in [0.4, 0.5) is 5.69 Å². The third-order valence-corrected chi connectivity index (χ3v) is 3.69. The van der Waals surface area contributed by atoms with Gasteiger partial charge in [-0.2, -0.15) is 0 Å². The maximum absolute atomic E-state index is 12.5. The van der Waals surface area contributed by atoms with E-state index in [0.29, 0.717) is 28.2 Å². The van der Waals surface area contributed by atoms with E-state index in [4.69, 9.17) is 9.47 Å². The zero-order chi connectivity index (χ0) is 18.1. The molecule has 2 aromatic carbocycles. The minimum absolute atomic E-state index is 0.0361. The number of hydrogen-bond acceptors (Lipinski definition) is 6. The van der Waals surface area contributed by atoms with E-state index in [1.165, 1.54) is 37.3 Å². The predicted molar refractivity (Wildman–Crippen MR) is 88.5 cm³/mol. The highest BCUT2D eigenvalue weighted by Gasteiger charge is 2.30. The summed E-state index contributed by atoms with van der Waals surface area (Å²) in [5.41, 5.74) is 1.49. The van der Waals surface area contributed by atoms with E-state index in [-0.39, 0.29) is 17.2 Å². The van der Waals surface area contributed by atoms with E-state index in [1.54, 1.807) is 19.1 Å². The number of allylic oxidation sites excluding steroid dienone is 1. The lowest BCUT2D eigenvalue weighted by Crippen LogP contribution is -2.03. The summed E-state index contributed by atoms with van der Waals surface area (Å²) in [4.78, 5) is 33.8. The van der Waals surface area contributed by atoms with Gasteiger partial charge in [-0.25, -0.2) is 0 Å². The summed E-state index contributed by atoms with van der Waals surface area (Å²) in [6.07, 6.45) is 1.51. The molecule has 0 saturated carbocycles. The van der Waals surface area contributed by atoms with Crippen molar-refractivity contribution in [3.63, 3.8) is 0 Å². The van der Waals surface area contributed by atoms with E-state index >= 15 is 0 Å². The average molecular weight is 339 g/mol. The average Bonchev–Trinajstić information content (AvgIpc) is 2.87. The molecule has 0 radical (unpaired) electrons. The SMILES string of the molecule is CC(=O)Oc1ccc2c(c1C)O/C(=C\c1ccc([N+](=O)[O-])cc1)C2=O. The van der Waals surface area contributed by atoms with Crippen molar-refractivity contribution in [2.75, 3.05) is 0 Å². The zero-order valence-corrected chi connectivity index (χ0v) is 13.4. The molecule has 0 bridgehead atoms. The van der Waals surface area contributed by atoms with Gasteiger partial charge < -0.3 is 9.47 Å². The molecular weight excluding hydrogens is 326 g/mol. The molecule has 126 valence electrons. The van der Waals surface area contributed by atoms with E-state index in [9.17, 15) is 19.7 Å². The van der Waals surface area contributed by atoms with Crippen LogP contribution in [0.2, 0.25) is 0 Å². The number of hydrogen-bond donors (Lipinski definition) is 0. The van der Waals surface area contributed by atoms with Gasteiger partial charge in [-0.15, -0.1) is 0 Å². The number of esters is 1. The van der Waals surface area contributed by atoms with Crippen LogP contribution in [0.5, 0.6) is 11.5 Å². The van der Waals surface area contributed by atoms with Gasteiger partial charge in [-0.1, -0.05) is 0 Å². The number of rotatable bonds is 3. The third kappa shape index (κ3) is 3.12. The van der Waals surface area contributed by atoms with Crippen LogP contribution in [0.25, 0.3) is 6.08 Å². The second kappa shape index (κ2) is 6.20. The lowest BCUT2D eigenvalue weighted by molar-refractivity contribution is -0.384. The van der Waals surface area contributed by atoms with Crippen LogP contribution in [0.15, 0.2) is 42.2 Å². The van der Waals surface area contributed by atoms with Gasteiger partial charge >= 0.3 is 5.97 Å². The fourth-order valence-electron chi connectivity index (χ4n) is 2.48. The molecule has 7 heteroatoms. The van der Waals surface area contributed by atoms with Crippen molar-refractivity contribution in [2.24, 2.45) is 0 Å². The molecule has 1 aliphatic rings. The molecule has 1 aliphatic heterocycles. The minimum atomic E-state index is -0.496. The molecule has 2 aromatic rings. The molecule has 0 aromatic heterocycles. The Labute approximate surface area is 142 Å². The smallest absolute Gasteiger partial charge is 0.308 e. The molecule has 7 nitrogen and oxygen atoms in total. The van der Waals surface area contributed by atoms with Gasteiger partial charge in [0.15, 0.2) is 5.76 Å². The largest absolute Gasteiger partial charge is 0.452 e. The summed E-state index contributed by atoms with van der Waals surface area (Å²) in [6, 6.07) is 8.85. The number of non-ortho nitro benzene ring substituents is 1. The standard InChI is InChI=1S/C18H13NO6/c1-10-15(24-11(2)20)8-7-14-17(21)16(25-18(10)14)9-12-3-5-13(6-4-12)19(22)23/h3-9H,1-2H3/b16-9-. The molecule has 0 spiro atoms. The molecule has 0 atom stereocenters. The quantitative estimate of drug-likeness (QED) is 0.279. The highest BCUT2D eigenvalue weighted by Crippen LogP contribution is 2.39. The van der Waals surface area contributed by atoms with Crippen molar-refractivity contribution in [3.8, 4) is 11.5 Å². The summed E-state index contributed by atoms with van der Waals surface area (Å²) in [7, 11) is 0. The highest BCUT2D eigenvalue weighted by molar-refractivity contribution is 6.15. The van der Waals surface area contributed by atoms with Crippen molar-refractivity contribution in [1.29, 1.82) is 0 Å². The Balaban J connectivity index is 1.93. The lowest BCUT2D eigenvalue weighted by Gasteiger charge is -2.08. The predicted octanol–water partition coefficient (Wildman–Crippen LogP) is 3.44. The molecule has 25 heavy (non-hydrogen) atoms. The Bertz CT molecular complexity index is 927. The molecule has 0 amide bonds. The first-order chi connectivity index (χ1) is 11.9. The fraction of sp³-hybridized carbons (Fsp3) is 0.111. The van der Waals surface area contributed by atoms with Crippen LogP contribution < -0.4 is 9.47 Å². The Morgan fingerprint density at radius 2 is 1.88 bits per heavy atom. The number of carbonyl (C=O) groups is 2. The fourth-order valence-corrected chi connectivity index (χ4v) is 2.48. The van der Waals surface area contributed by atoms with Crippen molar-refractivity contribution in [3.05, 3.63) is 69.0 Å². The third-order valence-electron chi connectivity index (χ3n) is 3.69. The van der Waals surface area contributed by atoms with Crippen LogP contribution in [0.3, 0.4) is 0 Å². The van der Waals surface area contributed by atoms with Gasteiger partial charge in [-0.3, -0.25) is 19.7 Å². The monoisotopic (exact) mass is 339 g/mol. The Hall–Kier alpha value is -3.48. The van der Waals surface area contributed by atoms with Gasteiger partial charge in [-0.05, 0) is 42.8 Å². The van der Waals surface area contributed by atoms with E-state index in [0.717, 1.165) is 0 Å². The minimum Gasteiger partial charge on any atom is -0.452 e. The topological polar surface area (TPSA) is 95.7 Å².